The Morgan fingerprint density at radius 3 is 1.28 bits per heavy atom. The molecule has 0 N–H and O–H groups in total. The van der Waals surface area contributed by atoms with Gasteiger partial charge in [-0.25, -0.2) is 9.15 Å². The first kappa shape index (κ1) is 19.4. The SMILES string of the molecule is CCSC(SSSSC(SCC)=[N+](C)C)=[N+](C)C. The van der Waals surface area contributed by atoms with Gasteiger partial charge in [0.2, 0.25) is 0 Å². The van der Waals surface area contributed by atoms with Gasteiger partial charge in [-0.05, 0) is 43.2 Å². The molecule has 2 nitrogen and oxygen atoms in total. The fourth-order valence-corrected chi connectivity index (χ4v) is 10.2. The predicted octanol–water partition coefficient (Wildman–Crippen LogP) is 4.43. The Hall–Kier alpha value is 1.44. The monoisotopic (exact) mass is 362 g/mol. The third-order valence-corrected chi connectivity index (χ3v) is 11.1. The highest BCUT2D eigenvalue weighted by Crippen LogP contribution is 2.46. The van der Waals surface area contributed by atoms with Crippen molar-refractivity contribution >= 4 is 73.5 Å². The van der Waals surface area contributed by atoms with Gasteiger partial charge < -0.3 is 0 Å². The van der Waals surface area contributed by atoms with Crippen LogP contribution in [-0.4, -0.2) is 57.6 Å². The molecular formula is C10H22N2S6+2. The summed E-state index contributed by atoms with van der Waals surface area (Å²) in [5, 5.41) is 0. The van der Waals surface area contributed by atoms with Crippen LogP contribution in [0.1, 0.15) is 13.8 Å². The summed E-state index contributed by atoms with van der Waals surface area (Å²) in [5.41, 5.74) is 0. The molecule has 0 saturated heterocycles. The van der Waals surface area contributed by atoms with E-state index >= 15 is 0 Å². The highest BCUT2D eigenvalue weighted by Gasteiger charge is 2.13. The fraction of sp³-hybridized carbons (Fsp3) is 0.800. The Kier molecular flexibility index (Phi) is 13.2. The van der Waals surface area contributed by atoms with E-state index in [4.69, 9.17) is 0 Å². The first-order chi connectivity index (χ1) is 8.52. The van der Waals surface area contributed by atoms with Gasteiger partial charge >= 0.3 is 0 Å². The lowest BCUT2D eigenvalue weighted by molar-refractivity contribution is -0.458. The van der Waals surface area contributed by atoms with Gasteiger partial charge in [0.1, 0.15) is 28.2 Å². The Balaban J connectivity index is 4.05. The van der Waals surface area contributed by atoms with Crippen LogP contribution in [0.15, 0.2) is 0 Å². The average molecular weight is 363 g/mol. The fourth-order valence-electron chi connectivity index (χ4n) is 0.788. The minimum Gasteiger partial charge on any atom is -0.223 e. The number of rotatable bonds is 5. The second-order valence-electron chi connectivity index (χ2n) is 3.49. The van der Waals surface area contributed by atoms with Gasteiger partial charge in [-0.1, -0.05) is 13.8 Å². The molecule has 0 atom stereocenters. The minimum absolute atomic E-state index is 1.12. The van der Waals surface area contributed by atoms with Crippen LogP contribution < -0.4 is 0 Å². The second-order valence-corrected chi connectivity index (χ2v) is 12.2. The van der Waals surface area contributed by atoms with Crippen molar-refractivity contribution in [3.63, 3.8) is 0 Å². The Bertz CT molecular complexity index is 265. The molecule has 0 unspecified atom stereocenters. The lowest BCUT2D eigenvalue weighted by Gasteiger charge is -2.01. The highest BCUT2D eigenvalue weighted by atomic mass is 33.7. The summed E-state index contributed by atoms with van der Waals surface area (Å²) in [6, 6.07) is 0. The van der Waals surface area contributed by atoms with E-state index in [0.717, 1.165) is 11.5 Å². The van der Waals surface area contributed by atoms with Crippen molar-refractivity contribution in [2.45, 2.75) is 13.8 Å². The number of nitrogens with zero attached hydrogens (tertiary/aromatic N) is 2. The van der Waals surface area contributed by atoms with E-state index < -0.39 is 0 Å². The van der Waals surface area contributed by atoms with Crippen LogP contribution in [-0.2, 0) is 0 Å². The topological polar surface area (TPSA) is 6.02 Å². The van der Waals surface area contributed by atoms with Crippen molar-refractivity contribution < 1.29 is 9.15 Å². The molecule has 0 heterocycles. The van der Waals surface area contributed by atoms with Gasteiger partial charge in [0.15, 0.2) is 0 Å². The molecule has 8 heteroatoms. The van der Waals surface area contributed by atoms with Gasteiger partial charge in [-0.3, -0.25) is 0 Å². The molecule has 0 bridgehead atoms. The normalized spacial score (nSPS) is 10.3. The molecule has 18 heavy (non-hydrogen) atoms. The zero-order valence-electron chi connectivity index (χ0n) is 11.8. The van der Waals surface area contributed by atoms with Crippen molar-refractivity contribution in [2.75, 3.05) is 39.7 Å². The van der Waals surface area contributed by atoms with Gasteiger partial charge in [-0.2, -0.15) is 0 Å². The molecule has 0 rings (SSSR count). The predicted molar refractivity (Wildman–Crippen MR) is 101 cm³/mol. The van der Waals surface area contributed by atoms with Gasteiger partial charge in [0.25, 0.3) is 8.75 Å². The van der Waals surface area contributed by atoms with Crippen LogP contribution in [0, 0.1) is 0 Å². The molecule has 0 aliphatic carbocycles. The van der Waals surface area contributed by atoms with Crippen LogP contribution in [0.4, 0.5) is 0 Å². The average Bonchev–Trinajstić information content (AvgIpc) is 2.30. The van der Waals surface area contributed by atoms with Crippen LogP contribution >= 0.6 is 64.8 Å². The van der Waals surface area contributed by atoms with E-state index in [1.807, 2.05) is 64.8 Å². The van der Waals surface area contributed by atoms with E-state index in [1.54, 1.807) is 0 Å². The molecule has 0 aliphatic rings. The van der Waals surface area contributed by atoms with Crippen molar-refractivity contribution in [1.29, 1.82) is 0 Å². The maximum absolute atomic E-state index is 2.19. The standard InChI is InChI=1S/C10H22N2S6/c1-7-13-9(11(3)4)15-17-18-16-10(12(5)6)14-8-2/h7-8H2,1-6H3/q+2. The molecule has 106 valence electrons. The zero-order chi connectivity index (χ0) is 14.0. The summed E-state index contributed by atoms with van der Waals surface area (Å²) in [6.45, 7) is 4.38. The third-order valence-electron chi connectivity index (χ3n) is 1.50. The van der Waals surface area contributed by atoms with Crippen LogP contribution in [0.2, 0.25) is 0 Å². The Morgan fingerprint density at radius 2 is 1.06 bits per heavy atom. The molecule has 0 aromatic rings. The maximum atomic E-state index is 2.19. The molecule has 0 fully saturated rings. The van der Waals surface area contributed by atoms with E-state index in [9.17, 15) is 0 Å². The molecule has 0 amide bonds. The van der Waals surface area contributed by atoms with Crippen molar-refractivity contribution in [3.8, 4) is 0 Å². The van der Waals surface area contributed by atoms with Crippen molar-refractivity contribution in [1.82, 2.24) is 0 Å². The smallest absolute Gasteiger partial charge is 0.223 e. The quantitative estimate of drug-likeness (QED) is 0.233. The highest BCUT2D eigenvalue weighted by molar-refractivity contribution is 9.30. The van der Waals surface area contributed by atoms with E-state index in [0.29, 0.717) is 0 Å². The minimum atomic E-state index is 1.12. The number of hydrogen-bond donors (Lipinski definition) is 0. The van der Waals surface area contributed by atoms with E-state index in [1.165, 1.54) is 8.75 Å². The molecular weight excluding hydrogens is 341 g/mol. The van der Waals surface area contributed by atoms with Crippen molar-refractivity contribution in [3.05, 3.63) is 0 Å². The van der Waals surface area contributed by atoms with Crippen molar-refractivity contribution in [2.24, 2.45) is 0 Å². The maximum Gasteiger partial charge on any atom is 0.281 e. The van der Waals surface area contributed by atoms with Gasteiger partial charge in [-0.15, -0.1) is 0 Å². The lowest BCUT2D eigenvalue weighted by atomic mass is 11.0. The van der Waals surface area contributed by atoms with Crippen LogP contribution in [0.3, 0.4) is 0 Å². The molecule has 0 saturated carbocycles. The third kappa shape index (κ3) is 9.36. The van der Waals surface area contributed by atoms with Crippen LogP contribution in [0.5, 0.6) is 0 Å². The first-order valence-corrected chi connectivity index (χ1v) is 12.3. The van der Waals surface area contributed by atoms with Gasteiger partial charge in [0, 0.05) is 33.1 Å². The Morgan fingerprint density at radius 1 is 0.722 bits per heavy atom. The summed E-state index contributed by atoms with van der Waals surface area (Å²) < 4.78 is 7.11. The second kappa shape index (κ2) is 12.2. The summed E-state index contributed by atoms with van der Waals surface area (Å²) in [6.07, 6.45) is 0. The molecule has 0 aliphatic heterocycles. The summed E-state index contributed by atoms with van der Waals surface area (Å²) in [7, 11) is 15.8. The zero-order valence-corrected chi connectivity index (χ0v) is 16.7. The van der Waals surface area contributed by atoms with E-state index in [-0.39, 0.29) is 0 Å². The summed E-state index contributed by atoms with van der Waals surface area (Å²) >= 11 is 3.80. The number of thioether (sulfide) groups is 2. The molecule has 0 radical (unpaired) electrons. The van der Waals surface area contributed by atoms with Crippen LogP contribution in [0.25, 0.3) is 0 Å². The Labute approximate surface area is 135 Å². The molecule has 0 spiro atoms. The molecule has 0 aromatic heterocycles. The largest absolute Gasteiger partial charge is 0.281 e. The summed E-state index contributed by atoms with van der Waals surface area (Å²) in [4.78, 5) is 0. The molecule has 0 aromatic carbocycles. The summed E-state index contributed by atoms with van der Waals surface area (Å²) in [5.74, 6) is 2.25. The number of hydrogen-bond acceptors (Lipinski definition) is 6. The first-order valence-electron chi connectivity index (χ1n) is 5.54. The lowest BCUT2D eigenvalue weighted by Crippen LogP contribution is -2.05. The van der Waals surface area contributed by atoms with E-state index in [2.05, 4.69) is 51.2 Å². The van der Waals surface area contributed by atoms with Gasteiger partial charge in [0.05, 0.1) is 0 Å².